The van der Waals surface area contributed by atoms with E-state index in [0.29, 0.717) is 0 Å². The number of benzene rings is 3. The largest absolute Gasteiger partial charge is 0.293 e. The van der Waals surface area contributed by atoms with Gasteiger partial charge in [-0.05, 0) is 19.1 Å². The van der Waals surface area contributed by atoms with Crippen molar-refractivity contribution in [1.82, 2.24) is 9.66 Å². The highest BCUT2D eigenvalue weighted by atomic mass is 15.4. The van der Waals surface area contributed by atoms with Gasteiger partial charge in [-0.3, -0.25) is 5.43 Å². The molecule has 0 aliphatic heterocycles. The van der Waals surface area contributed by atoms with Gasteiger partial charge in [0.15, 0.2) is 0 Å². The van der Waals surface area contributed by atoms with Crippen molar-refractivity contribution in [3.05, 3.63) is 96.8 Å². The molecule has 4 rings (SSSR count). The third-order valence-electron chi connectivity index (χ3n) is 4.16. The van der Waals surface area contributed by atoms with E-state index in [1.165, 1.54) is 5.56 Å². The Hall–Kier alpha value is -3.33. The fraction of sp³-hybridized carbons (Fsp3) is 0.0455. The van der Waals surface area contributed by atoms with Crippen LogP contribution in [0.2, 0.25) is 0 Å². The summed E-state index contributed by atoms with van der Waals surface area (Å²) in [6.07, 6.45) is 1.84. The van der Waals surface area contributed by atoms with Crippen LogP contribution in [0.15, 0.2) is 91.3 Å². The number of anilines is 1. The normalized spacial score (nSPS) is 10.6. The molecule has 1 aromatic heterocycles. The highest BCUT2D eigenvalue weighted by Crippen LogP contribution is 2.31. The maximum absolute atomic E-state index is 4.68. The molecule has 0 fully saturated rings. The summed E-state index contributed by atoms with van der Waals surface area (Å²) >= 11 is 0. The van der Waals surface area contributed by atoms with E-state index >= 15 is 0 Å². The first kappa shape index (κ1) is 15.2. The summed E-state index contributed by atoms with van der Waals surface area (Å²) in [5, 5.41) is 0. The van der Waals surface area contributed by atoms with Crippen LogP contribution in [0, 0.1) is 6.92 Å². The van der Waals surface area contributed by atoms with Gasteiger partial charge in [0, 0.05) is 11.1 Å². The fourth-order valence-electron chi connectivity index (χ4n) is 2.88. The van der Waals surface area contributed by atoms with Gasteiger partial charge in [-0.25, -0.2) is 9.66 Å². The molecule has 4 aromatic rings. The van der Waals surface area contributed by atoms with Crippen molar-refractivity contribution in [2.24, 2.45) is 0 Å². The number of hydrogen-bond donors (Lipinski definition) is 1. The van der Waals surface area contributed by atoms with E-state index in [9.17, 15) is 0 Å². The van der Waals surface area contributed by atoms with Crippen LogP contribution in [0.3, 0.4) is 0 Å². The van der Waals surface area contributed by atoms with E-state index in [1.54, 1.807) is 0 Å². The number of aryl methyl sites for hydroxylation is 1. The molecule has 0 saturated carbocycles. The van der Waals surface area contributed by atoms with Gasteiger partial charge in [-0.15, -0.1) is 0 Å². The summed E-state index contributed by atoms with van der Waals surface area (Å²) in [5.74, 6) is 0. The van der Waals surface area contributed by atoms with Crippen LogP contribution < -0.4 is 5.43 Å². The van der Waals surface area contributed by atoms with Gasteiger partial charge in [0.1, 0.15) is 6.33 Å². The number of hydrogen-bond acceptors (Lipinski definition) is 2. The van der Waals surface area contributed by atoms with Crippen molar-refractivity contribution >= 4 is 5.69 Å². The molecule has 0 aliphatic rings. The van der Waals surface area contributed by atoms with Crippen LogP contribution in [-0.2, 0) is 0 Å². The standard InChI is InChI=1S/C22H19N3/c1-17-12-14-20(15-13-17)24-25-16-23-21(18-8-4-2-5-9-18)22(25)19-10-6-3-7-11-19/h2-16,24H,1H3. The molecule has 0 unspecified atom stereocenters. The van der Waals surface area contributed by atoms with Crippen molar-refractivity contribution in [2.75, 3.05) is 5.43 Å². The van der Waals surface area contributed by atoms with E-state index in [2.05, 4.69) is 65.9 Å². The van der Waals surface area contributed by atoms with Crippen LogP contribution in [0.25, 0.3) is 22.5 Å². The number of aromatic nitrogens is 2. The second-order valence-corrected chi connectivity index (χ2v) is 6.02. The Morgan fingerprint density at radius 3 is 1.96 bits per heavy atom. The van der Waals surface area contributed by atoms with Crippen LogP contribution in [0.4, 0.5) is 5.69 Å². The van der Waals surface area contributed by atoms with Gasteiger partial charge in [0.2, 0.25) is 0 Å². The number of rotatable bonds is 4. The van der Waals surface area contributed by atoms with E-state index < -0.39 is 0 Å². The van der Waals surface area contributed by atoms with Crippen LogP contribution in [-0.4, -0.2) is 9.66 Å². The van der Waals surface area contributed by atoms with Gasteiger partial charge in [0.05, 0.1) is 17.1 Å². The minimum absolute atomic E-state index is 0.964. The Kier molecular flexibility index (Phi) is 4.05. The van der Waals surface area contributed by atoms with E-state index in [-0.39, 0.29) is 0 Å². The predicted octanol–water partition coefficient (Wildman–Crippen LogP) is 5.40. The van der Waals surface area contributed by atoms with Crippen molar-refractivity contribution < 1.29 is 0 Å². The molecule has 3 heteroatoms. The zero-order valence-electron chi connectivity index (χ0n) is 14.1. The Morgan fingerprint density at radius 1 is 0.720 bits per heavy atom. The summed E-state index contributed by atoms with van der Waals surface area (Å²) in [6, 6.07) is 29.0. The molecule has 0 spiro atoms. The highest BCUT2D eigenvalue weighted by Gasteiger charge is 2.15. The summed E-state index contributed by atoms with van der Waals surface area (Å²) in [6.45, 7) is 2.09. The van der Waals surface area contributed by atoms with E-state index in [0.717, 1.165) is 28.2 Å². The molecule has 122 valence electrons. The number of nitrogens with one attached hydrogen (secondary N) is 1. The third-order valence-corrected chi connectivity index (χ3v) is 4.16. The monoisotopic (exact) mass is 325 g/mol. The predicted molar refractivity (Wildman–Crippen MR) is 103 cm³/mol. The lowest BCUT2D eigenvalue weighted by molar-refractivity contribution is 0.962. The van der Waals surface area contributed by atoms with Crippen molar-refractivity contribution in [1.29, 1.82) is 0 Å². The molecule has 0 saturated heterocycles. The van der Waals surface area contributed by atoms with Crippen LogP contribution in [0.1, 0.15) is 5.56 Å². The third kappa shape index (κ3) is 3.17. The zero-order valence-corrected chi connectivity index (χ0v) is 14.1. The van der Waals surface area contributed by atoms with Crippen LogP contribution in [0.5, 0.6) is 0 Å². The molecule has 1 N–H and O–H groups in total. The molecule has 0 aliphatic carbocycles. The molecule has 3 nitrogen and oxygen atoms in total. The second kappa shape index (κ2) is 6.65. The first-order chi connectivity index (χ1) is 12.3. The molecule has 25 heavy (non-hydrogen) atoms. The molecule has 0 amide bonds. The lowest BCUT2D eigenvalue weighted by atomic mass is 10.1. The topological polar surface area (TPSA) is 29.9 Å². The van der Waals surface area contributed by atoms with Gasteiger partial charge in [-0.1, -0.05) is 78.4 Å². The first-order valence-corrected chi connectivity index (χ1v) is 8.33. The van der Waals surface area contributed by atoms with Gasteiger partial charge in [-0.2, -0.15) is 0 Å². The average Bonchev–Trinajstić information content (AvgIpc) is 3.08. The molecule has 3 aromatic carbocycles. The van der Waals surface area contributed by atoms with Gasteiger partial charge in [0.25, 0.3) is 0 Å². The van der Waals surface area contributed by atoms with E-state index in [1.807, 2.05) is 47.4 Å². The summed E-state index contributed by atoms with van der Waals surface area (Å²) in [4.78, 5) is 4.68. The molecule has 1 heterocycles. The van der Waals surface area contributed by atoms with Gasteiger partial charge < -0.3 is 0 Å². The summed E-state index contributed by atoms with van der Waals surface area (Å²) in [5.41, 5.74) is 9.95. The first-order valence-electron chi connectivity index (χ1n) is 8.33. The molecular formula is C22H19N3. The Labute approximate surface area is 147 Å². The van der Waals surface area contributed by atoms with Gasteiger partial charge >= 0.3 is 0 Å². The number of imidazole rings is 1. The van der Waals surface area contributed by atoms with Crippen molar-refractivity contribution in [3.8, 4) is 22.5 Å². The maximum atomic E-state index is 4.68. The van der Waals surface area contributed by atoms with Crippen molar-refractivity contribution in [3.63, 3.8) is 0 Å². The Bertz CT molecular complexity index is 955. The fourth-order valence-corrected chi connectivity index (χ4v) is 2.88. The Morgan fingerprint density at radius 2 is 1.32 bits per heavy atom. The van der Waals surface area contributed by atoms with Crippen molar-refractivity contribution in [2.45, 2.75) is 6.92 Å². The number of nitrogens with zero attached hydrogens (tertiary/aromatic N) is 2. The van der Waals surface area contributed by atoms with E-state index in [4.69, 9.17) is 0 Å². The summed E-state index contributed by atoms with van der Waals surface area (Å²) in [7, 11) is 0. The minimum Gasteiger partial charge on any atom is -0.293 e. The molecule has 0 radical (unpaired) electrons. The minimum atomic E-state index is 0.964. The highest BCUT2D eigenvalue weighted by molar-refractivity contribution is 5.79. The quantitative estimate of drug-likeness (QED) is 0.544. The Balaban J connectivity index is 1.82. The molecule has 0 bridgehead atoms. The lowest BCUT2D eigenvalue weighted by Gasteiger charge is -2.13. The summed E-state index contributed by atoms with van der Waals surface area (Å²) < 4.78 is 1.99. The maximum Gasteiger partial charge on any atom is 0.116 e. The SMILES string of the molecule is Cc1ccc(Nn2cnc(-c3ccccc3)c2-c2ccccc2)cc1. The lowest BCUT2D eigenvalue weighted by Crippen LogP contribution is -2.09. The average molecular weight is 325 g/mol. The molecular weight excluding hydrogens is 306 g/mol. The smallest absolute Gasteiger partial charge is 0.116 e. The second-order valence-electron chi connectivity index (χ2n) is 6.02. The molecule has 0 atom stereocenters. The zero-order chi connectivity index (χ0) is 17.1. The van der Waals surface area contributed by atoms with Crippen LogP contribution >= 0.6 is 0 Å².